The second kappa shape index (κ2) is 9.42. The Morgan fingerprint density at radius 3 is 2.42 bits per heavy atom. The number of esters is 1. The Hall–Kier alpha value is -3.08. The Morgan fingerprint density at radius 1 is 1.08 bits per heavy atom. The van der Waals surface area contributed by atoms with Crippen LogP contribution in [0.1, 0.15) is 29.8 Å². The predicted molar refractivity (Wildman–Crippen MR) is 102 cm³/mol. The number of methoxy groups -OCH3 is 1. The van der Waals surface area contributed by atoms with Crippen LogP contribution in [0.15, 0.2) is 54.6 Å². The number of ether oxygens (including phenoxy) is 2. The van der Waals surface area contributed by atoms with Crippen molar-refractivity contribution in [1.82, 2.24) is 0 Å². The molecule has 5 nitrogen and oxygen atoms in total. The summed E-state index contributed by atoms with van der Waals surface area (Å²) in [6.45, 7) is 4.33. The van der Waals surface area contributed by atoms with Crippen LogP contribution in [0.2, 0.25) is 0 Å². The number of anilines is 1. The fraction of sp³-hybridized carbons (Fsp3) is 0.238. The zero-order valence-corrected chi connectivity index (χ0v) is 15.2. The first-order chi connectivity index (χ1) is 12.5. The molecule has 136 valence electrons. The number of nitrogens with one attached hydrogen (secondary N) is 1. The Bertz CT molecular complexity index is 779. The SMILES string of the molecule is COc1ccccc1/C=C/C(=O)Nc1ccc(C(=O)OCC(C)C)cc1. The zero-order valence-electron chi connectivity index (χ0n) is 15.2. The highest BCUT2D eigenvalue weighted by molar-refractivity contribution is 6.02. The molecule has 5 heteroatoms. The highest BCUT2D eigenvalue weighted by Crippen LogP contribution is 2.18. The molecule has 0 aliphatic carbocycles. The maximum atomic E-state index is 12.1. The van der Waals surface area contributed by atoms with Crippen LogP contribution in [0.25, 0.3) is 6.08 Å². The van der Waals surface area contributed by atoms with Crippen LogP contribution in [0, 0.1) is 5.92 Å². The first-order valence-corrected chi connectivity index (χ1v) is 8.39. The van der Waals surface area contributed by atoms with E-state index >= 15 is 0 Å². The lowest BCUT2D eigenvalue weighted by Gasteiger charge is -2.08. The Morgan fingerprint density at radius 2 is 1.77 bits per heavy atom. The lowest BCUT2D eigenvalue weighted by atomic mass is 10.2. The molecule has 2 aromatic carbocycles. The minimum absolute atomic E-state index is 0.272. The van der Waals surface area contributed by atoms with Crippen molar-refractivity contribution in [2.24, 2.45) is 5.92 Å². The fourth-order valence-corrected chi connectivity index (χ4v) is 2.17. The second-order valence-corrected chi connectivity index (χ2v) is 6.13. The van der Waals surface area contributed by atoms with Gasteiger partial charge in [-0.15, -0.1) is 0 Å². The van der Waals surface area contributed by atoms with Crippen LogP contribution in [-0.2, 0) is 9.53 Å². The lowest BCUT2D eigenvalue weighted by molar-refractivity contribution is -0.111. The summed E-state index contributed by atoms with van der Waals surface area (Å²) >= 11 is 0. The highest BCUT2D eigenvalue weighted by Gasteiger charge is 2.08. The van der Waals surface area contributed by atoms with E-state index in [9.17, 15) is 9.59 Å². The standard InChI is InChI=1S/C21H23NO4/c1-15(2)14-26-21(24)17-8-11-18(12-9-17)22-20(23)13-10-16-6-4-5-7-19(16)25-3/h4-13,15H,14H2,1-3H3,(H,22,23)/b13-10+. The largest absolute Gasteiger partial charge is 0.496 e. The summed E-state index contributed by atoms with van der Waals surface area (Å²) in [6, 6.07) is 14.0. The summed E-state index contributed by atoms with van der Waals surface area (Å²) in [6.07, 6.45) is 3.12. The zero-order chi connectivity index (χ0) is 18.9. The molecule has 0 spiro atoms. The van der Waals surface area contributed by atoms with Gasteiger partial charge in [0.05, 0.1) is 19.3 Å². The molecule has 0 heterocycles. The van der Waals surface area contributed by atoms with Gasteiger partial charge in [-0.3, -0.25) is 4.79 Å². The van der Waals surface area contributed by atoms with E-state index in [1.165, 1.54) is 6.08 Å². The van der Waals surface area contributed by atoms with Crippen molar-refractivity contribution in [3.8, 4) is 5.75 Å². The molecule has 0 aliphatic rings. The number of benzene rings is 2. The third-order valence-corrected chi connectivity index (χ3v) is 3.49. The number of hydrogen-bond donors (Lipinski definition) is 1. The molecule has 26 heavy (non-hydrogen) atoms. The number of amides is 1. The van der Waals surface area contributed by atoms with Crippen molar-refractivity contribution in [2.75, 3.05) is 19.0 Å². The number of para-hydroxylation sites is 1. The Kier molecular flexibility index (Phi) is 6.97. The monoisotopic (exact) mass is 353 g/mol. The van der Waals surface area contributed by atoms with Gasteiger partial charge in [0.25, 0.3) is 0 Å². The average molecular weight is 353 g/mol. The minimum atomic E-state index is -0.368. The van der Waals surface area contributed by atoms with Crippen LogP contribution in [0.4, 0.5) is 5.69 Å². The van der Waals surface area contributed by atoms with Gasteiger partial charge >= 0.3 is 5.97 Å². The van der Waals surface area contributed by atoms with Gasteiger partial charge in [0.15, 0.2) is 0 Å². The summed E-state index contributed by atoms with van der Waals surface area (Å²) in [5.41, 5.74) is 1.86. The van der Waals surface area contributed by atoms with Crippen molar-refractivity contribution in [3.63, 3.8) is 0 Å². The molecule has 0 saturated carbocycles. The first kappa shape index (κ1) is 19.2. The fourth-order valence-electron chi connectivity index (χ4n) is 2.17. The van der Waals surface area contributed by atoms with Gasteiger partial charge in [-0.1, -0.05) is 32.0 Å². The van der Waals surface area contributed by atoms with E-state index in [-0.39, 0.29) is 17.8 Å². The van der Waals surface area contributed by atoms with E-state index in [0.29, 0.717) is 23.6 Å². The normalized spacial score (nSPS) is 10.8. The third kappa shape index (κ3) is 5.77. The predicted octanol–water partition coefficient (Wildman–Crippen LogP) is 4.16. The van der Waals surface area contributed by atoms with E-state index in [1.54, 1.807) is 37.5 Å². The van der Waals surface area contributed by atoms with Crippen molar-refractivity contribution in [1.29, 1.82) is 0 Å². The van der Waals surface area contributed by atoms with E-state index in [2.05, 4.69) is 5.32 Å². The number of hydrogen-bond acceptors (Lipinski definition) is 4. The van der Waals surface area contributed by atoms with Crippen LogP contribution in [-0.4, -0.2) is 25.6 Å². The molecule has 2 aromatic rings. The molecule has 1 amide bonds. The molecule has 0 bridgehead atoms. The van der Waals surface area contributed by atoms with Crippen molar-refractivity contribution in [3.05, 3.63) is 65.7 Å². The van der Waals surface area contributed by atoms with Crippen molar-refractivity contribution < 1.29 is 19.1 Å². The second-order valence-electron chi connectivity index (χ2n) is 6.13. The highest BCUT2D eigenvalue weighted by atomic mass is 16.5. The topological polar surface area (TPSA) is 64.6 Å². The first-order valence-electron chi connectivity index (χ1n) is 8.39. The van der Waals surface area contributed by atoms with E-state index in [1.807, 2.05) is 38.1 Å². The quantitative estimate of drug-likeness (QED) is 0.600. The average Bonchev–Trinajstić information content (AvgIpc) is 2.65. The Labute approximate surface area is 153 Å². The van der Waals surface area contributed by atoms with Gasteiger partial charge < -0.3 is 14.8 Å². The molecule has 1 N–H and O–H groups in total. The van der Waals surface area contributed by atoms with Gasteiger partial charge in [0.1, 0.15) is 5.75 Å². The smallest absolute Gasteiger partial charge is 0.338 e. The van der Waals surface area contributed by atoms with Crippen LogP contribution < -0.4 is 10.1 Å². The molecule has 0 aliphatic heterocycles. The minimum Gasteiger partial charge on any atom is -0.496 e. The molecule has 0 fully saturated rings. The maximum absolute atomic E-state index is 12.1. The van der Waals surface area contributed by atoms with Crippen molar-refractivity contribution in [2.45, 2.75) is 13.8 Å². The van der Waals surface area contributed by atoms with E-state index < -0.39 is 0 Å². The van der Waals surface area contributed by atoms with Gasteiger partial charge in [0.2, 0.25) is 5.91 Å². The molecule has 0 unspecified atom stereocenters. The summed E-state index contributed by atoms with van der Waals surface area (Å²) in [5, 5.41) is 2.75. The molecule has 0 radical (unpaired) electrons. The lowest BCUT2D eigenvalue weighted by Crippen LogP contribution is -2.11. The molecule has 2 rings (SSSR count). The number of carbonyl (C=O) groups is 2. The van der Waals surface area contributed by atoms with Gasteiger partial charge in [-0.2, -0.15) is 0 Å². The molecule has 0 atom stereocenters. The van der Waals surface area contributed by atoms with Crippen LogP contribution in [0.3, 0.4) is 0 Å². The van der Waals surface area contributed by atoms with Gasteiger partial charge in [0, 0.05) is 17.3 Å². The Balaban J connectivity index is 1.95. The van der Waals surface area contributed by atoms with Gasteiger partial charge in [-0.05, 0) is 42.3 Å². The molecule has 0 aromatic heterocycles. The van der Waals surface area contributed by atoms with Crippen molar-refractivity contribution >= 4 is 23.6 Å². The third-order valence-electron chi connectivity index (χ3n) is 3.49. The maximum Gasteiger partial charge on any atom is 0.338 e. The number of rotatable bonds is 7. The van der Waals surface area contributed by atoms with E-state index in [0.717, 1.165) is 5.56 Å². The number of carbonyl (C=O) groups excluding carboxylic acids is 2. The summed E-state index contributed by atoms with van der Waals surface area (Å²) in [7, 11) is 1.58. The molecular weight excluding hydrogens is 330 g/mol. The van der Waals surface area contributed by atoms with E-state index in [4.69, 9.17) is 9.47 Å². The summed E-state index contributed by atoms with van der Waals surface area (Å²) < 4.78 is 10.4. The summed E-state index contributed by atoms with van der Waals surface area (Å²) in [4.78, 5) is 23.9. The van der Waals surface area contributed by atoms with Gasteiger partial charge in [-0.25, -0.2) is 4.79 Å². The molecule has 0 saturated heterocycles. The van der Waals surface area contributed by atoms with Crippen LogP contribution in [0.5, 0.6) is 5.75 Å². The van der Waals surface area contributed by atoms with Crippen LogP contribution >= 0.6 is 0 Å². The summed E-state index contributed by atoms with van der Waals surface area (Å²) in [5.74, 6) is 0.340. The molecular formula is C21H23NO4.